The number of benzene rings is 2. The van der Waals surface area contributed by atoms with Crippen LogP contribution in [0.3, 0.4) is 0 Å². The fourth-order valence-corrected chi connectivity index (χ4v) is 2.76. The van der Waals surface area contributed by atoms with Crippen LogP contribution in [-0.2, 0) is 20.7 Å². The molecule has 2 rings (SSSR count). The topological polar surface area (TPSA) is 82.4 Å². The van der Waals surface area contributed by atoms with Crippen molar-refractivity contribution >= 4 is 29.3 Å². The van der Waals surface area contributed by atoms with Crippen molar-refractivity contribution in [3.8, 4) is 6.07 Å². The van der Waals surface area contributed by atoms with Crippen LogP contribution in [0, 0.1) is 18.3 Å². The maximum Gasteiger partial charge on any atom is 0.349 e. The molecule has 2 aromatic rings. The first-order chi connectivity index (χ1) is 13.8. The summed E-state index contributed by atoms with van der Waals surface area (Å²) >= 11 is 0. The van der Waals surface area contributed by atoms with Gasteiger partial charge in [0.15, 0.2) is 6.61 Å². The zero-order valence-electron chi connectivity index (χ0n) is 17.2. The Morgan fingerprint density at radius 2 is 1.86 bits per heavy atom. The molecule has 150 valence electrons. The van der Waals surface area contributed by atoms with Crippen molar-refractivity contribution in [1.82, 2.24) is 0 Å². The number of para-hydroxylation sites is 1. The summed E-state index contributed by atoms with van der Waals surface area (Å²) < 4.78 is 5.03. The SMILES string of the molecule is CCc1cccc(C)c1NC(=O)COC(=O)/C(C#N)=C/c1ccc(N(C)C)cc1. The molecule has 29 heavy (non-hydrogen) atoms. The molecule has 0 aliphatic rings. The molecule has 2 aromatic carbocycles. The molecule has 0 fully saturated rings. The molecular formula is C23H25N3O3. The third kappa shape index (κ3) is 5.94. The van der Waals surface area contributed by atoms with Crippen LogP contribution in [0.4, 0.5) is 11.4 Å². The summed E-state index contributed by atoms with van der Waals surface area (Å²) in [7, 11) is 3.85. The van der Waals surface area contributed by atoms with Crippen LogP contribution in [0.15, 0.2) is 48.0 Å². The first-order valence-electron chi connectivity index (χ1n) is 9.30. The second-order valence-corrected chi connectivity index (χ2v) is 6.74. The lowest BCUT2D eigenvalue weighted by molar-refractivity contribution is -0.142. The largest absolute Gasteiger partial charge is 0.451 e. The summed E-state index contributed by atoms with van der Waals surface area (Å²) in [4.78, 5) is 26.4. The minimum atomic E-state index is -0.833. The van der Waals surface area contributed by atoms with Crippen LogP contribution < -0.4 is 10.2 Å². The maximum absolute atomic E-state index is 12.2. The van der Waals surface area contributed by atoms with Crippen molar-refractivity contribution in [3.63, 3.8) is 0 Å². The van der Waals surface area contributed by atoms with Crippen molar-refractivity contribution in [2.75, 3.05) is 30.9 Å². The van der Waals surface area contributed by atoms with E-state index in [2.05, 4.69) is 5.32 Å². The predicted molar refractivity (Wildman–Crippen MR) is 115 cm³/mol. The lowest BCUT2D eigenvalue weighted by atomic mass is 10.1. The Morgan fingerprint density at radius 1 is 1.17 bits per heavy atom. The fraction of sp³-hybridized carbons (Fsp3) is 0.261. The molecular weight excluding hydrogens is 366 g/mol. The monoisotopic (exact) mass is 391 g/mol. The van der Waals surface area contributed by atoms with E-state index in [1.165, 1.54) is 6.08 Å². The van der Waals surface area contributed by atoms with Crippen molar-refractivity contribution in [2.45, 2.75) is 20.3 Å². The summed E-state index contributed by atoms with van der Waals surface area (Å²) in [5, 5.41) is 12.1. The van der Waals surface area contributed by atoms with Crippen LogP contribution in [-0.4, -0.2) is 32.6 Å². The third-order valence-electron chi connectivity index (χ3n) is 4.40. The Kier molecular flexibility index (Phi) is 7.55. The smallest absolute Gasteiger partial charge is 0.349 e. The summed E-state index contributed by atoms with van der Waals surface area (Å²) in [6.07, 6.45) is 2.21. The molecule has 6 nitrogen and oxygen atoms in total. The van der Waals surface area contributed by atoms with Gasteiger partial charge in [0, 0.05) is 25.5 Å². The highest BCUT2D eigenvalue weighted by molar-refractivity contribution is 6.00. The van der Waals surface area contributed by atoms with Crippen LogP contribution in [0.1, 0.15) is 23.6 Å². The Hall–Kier alpha value is -3.59. The average molecular weight is 391 g/mol. The Bertz CT molecular complexity index is 954. The Balaban J connectivity index is 2.01. The first kappa shape index (κ1) is 21.7. The van der Waals surface area contributed by atoms with E-state index in [4.69, 9.17) is 4.74 Å². The second-order valence-electron chi connectivity index (χ2n) is 6.74. The number of carbonyl (C=O) groups is 2. The number of amides is 1. The molecule has 0 bridgehead atoms. The molecule has 1 amide bonds. The van der Waals surface area contributed by atoms with Gasteiger partial charge in [0.2, 0.25) is 0 Å². The van der Waals surface area contributed by atoms with Gasteiger partial charge in [-0.2, -0.15) is 5.26 Å². The van der Waals surface area contributed by atoms with Crippen molar-refractivity contribution in [3.05, 3.63) is 64.7 Å². The number of carbonyl (C=O) groups excluding carboxylic acids is 2. The van der Waals surface area contributed by atoms with Crippen molar-refractivity contribution in [1.29, 1.82) is 5.26 Å². The minimum Gasteiger partial charge on any atom is -0.451 e. The summed E-state index contributed by atoms with van der Waals surface area (Å²) in [6.45, 7) is 3.44. The highest BCUT2D eigenvalue weighted by Crippen LogP contribution is 2.21. The normalized spacial score (nSPS) is 10.8. The average Bonchev–Trinajstić information content (AvgIpc) is 2.72. The van der Waals surface area contributed by atoms with Gasteiger partial charge in [0.1, 0.15) is 11.6 Å². The number of nitriles is 1. The molecule has 0 saturated heterocycles. The van der Waals surface area contributed by atoms with E-state index in [9.17, 15) is 14.9 Å². The van der Waals surface area contributed by atoms with E-state index in [0.717, 1.165) is 28.9 Å². The number of ether oxygens (including phenoxy) is 1. The Labute approximate surface area is 171 Å². The van der Waals surface area contributed by atoms with E-state index < -0.39 is 18.5 Å². The van der Waals surface area contributed by atoms with Gasteiger partial charge in [-0.1, -0.05) is 37.3 Å². The number of aryl methyl sites for hydroxylation is 2. The summed E-state index contributed by atoms with van der Waals surface area (Å²) in [6, 6.07) is 15.0. The molecule has 1 N–H and O–H groups in total. The number of nitrogens with zero attached hydrogens (tertiary/aromatic N) is 2. The van der Waals surface area contributed by atoms with Gasteiger partial charge in [-0.05, 0) is 48.2 Å². The lowest BCUT2D eigenvalue weighted by Crippen LogP contribution is -2.22. The number of nitrogens with one attached hydrogen (secondary N) is 1. The van der Waals surface area contributed by atoms with E-state index in [-0.39, 0.29) is 5.57 Å². The maximum atomic E-state index is 12.2. The van der Waals surface area contributed by atoms with E-state index in [1.54, 1.807) is 12.1 Å². The van der Waals surface area contributed by atoms with Crippen molar-refractivity contribution < 1.29 is 14.3 Å². The van der Waals surface area contributed by atoms with Crippen LogP contribution in [0.2, 0.25) is 0 Å². The number of rotatable bonds is 7. The molecule has 0 aliphatic carbocycles. The molecule has 0 aromatic heterocycles. The molecule has 0 aliphatic heterocycles. The number of hydrogen-bond donors (Lipinski definition) is 1. The second kappa shape index (κ2) is 10.1. The standard InChI is InChI=1S/C23H25N3O3/c1-5-18-8-6-7-16(2)22(18)25-21(27)15-29-23(28)19(14-24)13-17-9-11-20(12-10-17)26(3)4/h6-13H,5,15H2,1-4H3,(H,25,27)/b19-13+. The van der Waals surface area contributed by atoms with Gasteiger partial charge in [-0.3, -0.25) is 4.79 Å². The molecule has 0 saturated carbocycles. The summed E-state index contributed by atoms with van der Waals surface area (Å²) in [5.41, 5.74) is 4.20. The molecule has 0 atom stereocenters. The molecule has 0 heterocycles. The fourth-order valence-electron chi connectivity index (χ4n) is 2.76. The molecule has 0 unspecified atom stereocenters. The van der Waals surface area contributed by atoms with E-state index in [1.807, 2.05) is 69.2 Å². The van der Waals surface area contributed by atoms with Crippen LogP contribution in [0.25, 0.3) is 6.08 Å². The van der Waals surface area contributed by atoms with Gasteiger partial charge >= 0.3 is 5.97 Å². The third-order valence-corrected chi connectivity index (χ3v) is 4.40. The van der Waals surface area contributed by atoms with Gasteiger partial charge in [0.05, 0.1) is 0 Å². The quantitative estimate of drug-likeness (QED) is 0.442. The molecule has 6 heteroatoms. The van der Waals surface area contributed by atoms with Gasteiger partial charge in [0.25, 0.3) is 5.91 Å². The van der Waals surface area contributed by atoms with Gasteiger partial charge in [-0.15, -0.1) is 0 Å². The zero-order chi connectivity index (χ0) is 21.4. The van der Waals surface area contributed by atoms with Gasteiger partial charge in [-0.25, -0.2) is 4.79 Å². The minimum absolute atomic E-state index is 0.166. The van der Waals surface area contributed by atoms with Crippen LogP contribution >= 0.6 is 0 Å². The number of esters is 1. The first-order valence-corrected chi connectivity index (χ1v) is 9.30. The lowest BCUT2D eigenvalue weighted by Gasteiger charge is -2.13. The predicted octanol–water partition coefficient (Wildman–Crippen LogP) is 3.71. The van der Waals surface area contributed by atoms with E-state index in [0.29, 0.717) is 5.56 Å². The van der Waals surface area contributed by atoms with Crippen molar-refractivity contribution in [2.24, 2.45) is 0 Å². The van der Waals surface area contributed by atoms with Crippen LogP contribution in [0.5, 0.6) is 0 Å². The highest BCUT2D eigenvalue weighted by Gasteiger charge is 2.15. The Morgan fingerprint density at radius 3 is 2.45 bits per heavy atom. The van der Waals surface area contributed by atoms with E-state index >= 15 is 0 Å². The molecule has 0 spiro atoms. The number of hydrogen-bond acceptors (Lipinski definition) is 5. The highest BCUT2D eigenvalue weighted by atomic mass is 16.5. The zero-order valence-corrected chi connectivity index (χ0v) is 17.2. The van der Waals surface area contributed by atoms with Gasteiger partial charge < -0.3 is 15.0 Å². The summed E-state index contributed by atoms with van der Waals surface area (Å²) in [5.74, 6) is -1.28. The number of anilines is 2. The molecule has 0 radical (unpaired) electrons.